The van der Waals surface area contributed by atoms with Gasteiger partial charge in [0.05, 0.1) is 17.0 Å². The Labute approximate surface area is 230 Å². The number of alkyl halides is 3. The number of fused-ring (bicyclic) bond motifs is 1. The predicted molar refractivity (Wildman–Crippen MR) is 144 cm³/mol. The van der Waals surface area contributed by atoms with Gasteiger partial charge in [-0.1, -0.05) is 62.7 Å². The molecule has 1 aliphatic rings. The molecular formula is C28H32F3N7O2. The molecule has 0 spiro atoms. The van der Waals surface area contributed by atoms with E-state index in [0.717, 1.165) is 18.6 Å². The second-order valence-corrected chi connectivity index (χ2v) is 10.3. The number of nitrogens with zero attached hydrogens (tertiary/aromatic N) is 5. The number of anilines is 1. The number of carbonyl (C=O) groups excluding carboxylic acids is 2. The molecule has 3 aromatic rings. The van der Waals surface area contributed by atoms with Gasteiger partial charge < -0.3 is 10.2 Å². The van der Waals surface area contributed by atoms with Crippen LogP contribution in [0.15, 0.2) is 53.5 Å². The number of likely N-dealkylation sites (N-methyl/N-ethyl adjacent to an activating group) is 1. The summed E-state index contributed by atoms with van der Waals surface area (Å²) in [4.78, 5) is 33.5. The van der Waals surface area contributed by atoms with E-state index in [1.165, 1.54) is 17.0 Å². The van der Waals surface area contributed by atoms with Crippen molar-refractivity contribution in [1.82, 2.24) is 25.9 Å². The number of rotatable bonds is 9. The average molecular weight is 556 g/mol. The van der Waals surface area contributed by atoms with Crippen LogP contribution >= 0.6 is 0 Å². The van der Waals surface area contributed by atoms with Gasteiger partial charge in [0.25, 0.3) is 5.91 Å². The molecule has 0 aliphatic carbocycles. The first-order chi connectivity index (χ1) is 19.0. The minimum atomic E-state index is -4.49. The first-order valence-electron chi connectivity index (χ1n) is 13.2. The highest BCUT2D eigenvalue weighted by atomic mass is 19.4. The quantitative estimate of drug-likeness (QED) is 0.396. The number of hydrogen-bond donors (Lipinski definition) is 2. The number of amides is 2. The maximum Gasteiger partial charge on any atom is 0.416 e. The third-order valence-corrected chi connectivity index (χ3v) is 6.95. The van der Waals surface area contributed by atoms with E-state index in [0.29, 0.717) is 41.2 Å². The van der Waals surface area contributed by atoms with Crippen LogP contribution in [0.4, 0.5) is 18.9 Å². The normalized spacial score (nSPS) is 17.2. The van der Waals surface area contributed by atoms with Crippen molar-refractivity contribution < 1.29 is 22.8 Å². The summed E-state index contributed by atoms with van der Waals surface area (Å²) >= 11 is 0. The van der Waals surface area contributed by atoms with Crippen molar-refractivity contribution in [1.29, 1.82) is 0 Å². The van der Waals surface area contributed by atoms with Gasteiger partial charge in [0.1, 0.15) is 0 Å². The molecule has 2 amide bonds. The van der Waals surface area contributed by atoms with Crippen LogP contribution < -0.4 is 10.2 Å². The van der Waals surface area contributed by atoms with Crippen molar-refractivity contribution in [3.05, 3.63) is 71.0 Å². The third kappa shape index (κ3) is 6.21. The number of aromatic nitrogens is 4. The van der Waals surface area contributed by atoms with Crippen LogP contribution in [0.1, 0.15) is 68.5 Å². The van der Waals surface area contributed by atoms with E-state index in [9.17, 15) is 22.8 Å². The molecule has 0 bridgehead atoms. The van der Waals surface area contributed by atoms with Crippen LogP contribution in [0.3, 0.4) is 0 Å². The molecule has 2 heterocycles. The molecule has 4 rings (SSSR count). The molecule has 2 N–H and O–H groups in total. The number of halogens is 3. The van der Waals surface area contributed by atoms with Crippen molar-refractivity contribution in [3.63, 3.8) is 0 Å². The fourth-order valence-electron chi connectivity index (χ4n) is 5.02. The Morgan fingerprint density at radius 1 is 1.12 bits per heavy atom. The summed E-state index contributed by atoms with van der Waals surface area (Å²) in [6, 6.07) is 11.6. The molecule has 212 valence electrons. The highest BCUT2D eigenvalue weighted by Gasteiger charge is 2.37. The van der Waals surface area contributed by atoms with E-state index in [2.05, 4.69) is 30.9 Å². The number of aromatic amines is 1. The minimum Gasteiger partial charge on any atom is -0.326 e. The van der Waals surface area contributed by atoms with Crippen molar-refractivity contribution in [2.45, 2.75) is 58.3 Å². The second-order valence-electron chi connectivity index (χ2n) is 10.3. The van der Waals surface area contributed by atoms with E-state index in [1.54, 1.807) is 31.3 Å². The Balaban J connectivity index is 1.74. The van der Waals surface area contributed by atoms with Crippen molar-refractivity contribution in [3.8, 4) is 0 Å². The van der Waals surface area contributed by atoms with Crippen LogP contribution in [-0.4, -0.2) is 51.4 Å². The molecule has 12 heteroatoms. The average Bonchev–Trinajstić information content (AvgIpc) is 3.43. The van der Waals surface area contributed by atoms with Gasteiger partial charge in [-0.25, -0.2) is 4.99 Å². The molecule has 3 unspecified atom stereocenters. The lowest BCUT2D eigenvalue weighted by Gasteiger charge is -2.27. The lowest BCUT2D eigenvalue weighted by atomic mass is 9.81. The lowest BCUT2D eigenvalue weighted by molar-refractivity contribution is -0.137. The number of nitrogens with one attached hydrogen (secondary N) is 2. The van der Waals surface area contributed by atoms with E-state index >= 15 is 0 Å². The van der Waals surface area contributed by atoms with Crippen molar-refractivity contribution >= 4 is 23.2 Å². The van der Waals surface area contributed by atoms with E-state index < -0.39 is 29.7 Å². The Bertz CT molecular complexity index is 1350. The molecule has 1 aliphatic heterocycles. The van der Waals surface area contributed by atoms with E-state index in [-0.39, 0.29) is 17.7 Å². The molecule has 2 aromatic carbocycles. The smallest absolute Gasteiger partial charge is 0.326 e. The molecular weight excluding hydrogens is 523 g/mol. The molecule has 40 heavy (non-hydrogen) atoms. The maximum atomic E-state index is 13.8. The zero-order valence-electron chi connectivity index (χ0n) is 22.7. The number of H-pyrrole nitrogens is 1. The van der Waals surface area contributed by atoms with Gasteiger partial charge in [-0.05, 0) is 37.0 Å². The topological polar surface area (TPSA) is 116 Å². The number of benzodiazepines with no additional fused rings is 1. The van der Waals surface area contributed by atoms with Crippen molar-refractivity contribution in [2.24, 2.45) is 16.8 Å². The van der Waals surface area contributed by atoms with Crippen LogP contribution in [0.25, 0.3) is 0 Å². The van der Waals surface area contributed by atoms with Gasteiger partial charge in [-0.15, -0.1) is 10.2 Å². The van der Waals surface area contributed by atoms with E-state index in [1.807, 2.05) is 20.8 Å². The zero-order valence-corrected chi connectivity index (χ0v) is 22.7. The number of carbonyl (C=O) groups is 2. The Kier molecular flexibility index (Phi) is 8.65. The van der Waals surface area contributed by atoms with Crippen LogP contribution in [0.2, 0.25) is 0 Å². The summed E-state index contributed by atoms with van der Waals surface area (Å²) in [6.45, 7) is 6.00. The fourth-order valence-corrected chi connectivity index (χ4v) is 5.02. The monoisotopic (exact) mass is 555 g/mol. The van der Waals surface area contributed by atoms with Crippen LogP contribution in [0, 0.1) is 11.8 Å². The zero-order chi connectivity index (χ0) is 29.0. The summed E-state index contributed by atoms with van der Waals surface area (Å²) in [5.74, 6) is -1.17. The first kappa shape index (κ1) is 28.9. The Morgan fingerprint density at radius 2 is 1.82 bits per heavy atom. The second kappa shape index (κ2) is 12.0. The highest BCUT2D eigenvalue weighted by Crippen LogP contribution is 2.34. The molecule has 3 atom stereocenters. The largest absolute Gasteiger partial charge is 0.416 e. The summed E-state index contributed by atoms with van der Waals surface area (Å²) in [6.07, 6.45) is -3.87. The first-order valence-corrected chi connectivity index (χ1v) is 13.2. The number of hydrogen-bond acceptors (Lipinski definition) is 6. The summed E-state index contributed by atoms with van der Waals surface area (Å²) in [5.41, 5.74) is 0.978. The molecule has 1 aromatic heterocycles. The number of aliphatic imine (C=N–C) groups is 1. The third-order valence-electron chi connectivity index (χ3n) is 6.95. The maximum absolute atomic E-state index is 13.8. The van der Waals surface area contributed by atoms with Gasteiger partial charge in [0.2, 0.25) is 12.1 Å². The Hall–Kier alpha value is -4.09. The molecule has 9 nitrogen and oxygen atoms in total. The molecule has 0 radical (unpaired) electrons. The standard InChI is InChI=1S/C28H32F3N7O2/c1-5-8-19(24-34-36-37-35-24)21(15-16(2)3)26(39)33-25-27(40)38(4)22-10-7-6-9-20(22)23(32-25)17-11-13-18(14-12-17)28(29,30)31/h6-7,9-14,16,19,21,25H,5,8,15H2,1-4H3,(H,33,39)(H,34,35,36,37). The van der Waals surface area contributed by atoms with Crippen molar-refractivity contribution in [2.75, 3.05) is 11.9 Å². The van der Waals surface area contributed by atoms with Gasteiger partial charge in [-0.2, -0.15) is 18.4 Å². The predicted octanol–water partition coefficient (Wildman–Crippen LogP) is 4.72. The van der Waals surface area contributed by atoms with Crippen LogP contribution in [-0.2, 0) is 15.8 Å². The lowest BCUT2D eigenvalue weighted by Crippen LogP contribution is -2.48. The fraction of sp³-hybridized carbons (Fsp3) is 0.429. The molecule has 0 saturated carbocycles. The number of para-hydroxylation sites is 1. The summed E-state index contributed by atoms with van der Waals surface area (Å²) in [5, 5.41) is 17.2. The van der Waals surface area contributed by atoms with Gasteiger partial charge >= 0.3 is 6.18 Å². The Morgan fingerprint density at radius 3 is 2.42 bits per heavy atom. The molecule has 0 saturated heterocycles. The van der Waals surface area contributed by atoms with E-state index in [4.69, 9.17) is 0 Å². The van der Waals surface area contributed by atoms with Crippen LogP contribution in [0.5, 0.6) is 0 Å². The molecule has 0 fully saturated rings. The van der Waals surface area contributed by atoms with Gasteiger partial charge in [-0.3, -0.25) is 9.59 Å². The van der Waals surface area contributed by atoms with Gasteiger partial charge in [0, 0.05) is 30.0 Å². The highest BCUT2D eigenvalue weighted by molar-refractivity contribution is 6.20. The SMILES string of the molecule is CCCC(c1nn[nH]n1)C(CC(C)C)C(=O)NC1N=C(c2ccc(C(F)(F)F)cc2)c2ccccc2N(C)C1=O. The summed E-state index contributed by atoms with van der Waals surface area (Å²) < 4.78 is 39.7. The number of benzene rings is 2. The minimum absolute atomic E-state index is 0.157. The summed E-state index contributed by atoms with van der Waals surface area (Å²) in [7, 11) is 1.58. The van der Waals surface area contributed by atoms with Gasteiger partial charge in [0.15, 0.2) is 5.82 Å². The number of tetrazole rings is 1.